The number of rotatable bonds is 4. The second kappa shape index (κ2) is 7.83. The minimum Gasteiger partial charge on any atom is -0.411 e. The molecular weight excluding hydrogens is 424 g/mol. The summed E-state index contributed by atoms with van der Waals surface area (Å²) in [6.45, 7) is 5.81. The Balaban J connectivity index is 2.47. The number of benzene rings is 2. The van der Waals surface area contributed by atoms with Crippen LogP contribution in [0.4, 0.5) is 0 Å². The smallest absolute Gasteiger partial charge is 0.0868 e. The van der Waals surface area contributed by atoms with Crippen molar-refractivity contribution in [3.8, 4) is 0 Å². The first-order chi connectivity index (χ1) is 12.9. The summed E-state index contributed by atoms with van der Waals surface area (Å²) in [4.78, 5) is 4.35. The Kier molecular flexibility index (Phi) is 5.68. The zero-order chi connectivity index (χ0) is 19.6. The fraction of sp³-hybridized carbons (Fsp3) is 0.182. The van der Waals surface area contributed by atoms with E-state index < -0.39 is 5.41 Å². The Labute approximate surface area is 172 Å². The molecule has 0 unspecified atom stereocenters. The Morgan fingerprint density at radius 1 is 1.04 bits per heavy atom. The van der Waals surface area contributed by atoms with E-state index in [1.54, 1.807) is 6.20 Å². The van der Waals surface area contributed by atoms with Crippen LogP contribution < -0.4 is 0 Å². The molecule has 5 heteroatoms. The molecule has 3 nitrogen and oxygen atoms in total. The van der Waals surface area contributed by atoms with Crippen molar-refractivity contribution in [2.75, 3.05) is 0 Å². The summed E-state index contributed by atoms with van der Waals surface area (Å²) < 4.78 is 0.984. The van der Waals surface area contributed by atoms with Crippen molar-refractivity contribution in [2.45, 2.75) is 26.2 Å². The molecule has 0 fully saturated rings. The monoisotopic (exact) mass is 442 g/mol. The van der Waals surface area contributed by atoms with Crippen LogP contribution in [0.5, 0.6) is 0 Å². The zero-order valence-electron chi connectivity index (χ0n) is 15.4. The first-order valence-electron chi connectivity index (χ1n) is 8.54. The molecule has 27 heavy (non-hydrogen) atoms. The molecule has 0 saturated carbocycles. The Bertz CT molecular complexity index is 1000. The molecule has 0 bridgehead atoms. The van der Waals surface area contributed by atoms with Gasteiger partial charge >= 0.3 is 0 Å². The van der Waals surface area contributed by atoms with E-state index in [0.29, 0.717) is 10.7 Å². The van der Waals surface area contributed by atoms with Crippen LogP contribution in [0.25, 0.3) is 0 Å². The van der Waals surface area contributed by atoms with Gasteiger partial charge in [0, 0.05) is 21.4 Å². The van der Waals surface area contributed by atoms with Gasteiger partial charge in [-0.05, 0) is 79.4 Å². The van der Waals surface area contributed by atoms with E-state index in [1.165, 1.54) is 0 Å². The van der Waals surface area contributed by atoms with Crippen molar-refractivity contribution >= 4 is 33.2 Å². The van der Waals surface area contributed by atoms with E-state index in [0.717, 1.165) is 32.4 Å². The van der Waals surface area contributed by atoms with Gasteiger partial charge in [-0.15, -0.1) is 0 Å². The van der Waals surface area contributed by atoms with Gasteiger partial charge in [-0.1, -0.05) is 50.9 Å². The first kappa shape index (κ1) is 19.6. The summed E-state index contributed by atoms with van der Waals surface area (Å²) >= 11 is 9.73. The number of aromatic nitrogens is 1. The third kappa shape index (κ3) is 3.52. The van der Waals surface area contributed by atoms with Crippen LogP contribution in [0.2, 0.25) is 5.02 Å². The summed E-state index contributed by atoms with van der Waals surface area (Å²) in [5, 5.41) is 14.2. The molecule has 0 aliphatic carbocycles. The van der Waals surface area contributed by atoms with Gasteiger partial charge in [-0.3, -0.25) is 4.98 Å². The maximum Gasteiger partial charge on any atom is 0.0868 e. The molecule has 1 heterocycles. The minimum atomic E-state index is -0.766. The van der Waals surface area contributed by atoms with Crippen molar-refractivity contribution in [2.24, 2.45) is 5.16 Å². The summed E-state index contributed by atoms with van der Waals surface area (Å²) in [7, 11) is 0. The number of nitrogens with zero attached hydrogens (tertiary/aromatic N) is 2. The Hall–Kier alpha value is -2.17. The molecule has 0 saturated heterocycles. The summed E-state index contributed by atoms with van der Waals surface area (Å²) in [5.41, 5.74) is 4.71. The van der Waals surface area contributed by atoms with Crippen molar-refractivity contribution in [3.63, 3.8) is 0 Å². The summed E-state index contributed by atoms with van der Waals surface area (Å²) in [6.07, 6.45) is 1.79. The molecule has 1 atom stereocenters. The van der Waals surface area contributed by atoms with Crippen LogP contribution >= 0.6 is 27.5 Å². The molecule has 0 aliphatic rings. The van der Waals surface area contributed by atoms with Gasteiger partial charge in [0.05, 0.1) is 11.1 Å². The fourth-order valence-corrected chi connectivity index (χ4v) is 4.18. The molecule has 2 aromatic carbocycles. The van der Waals surface area contributed by atoms with Crippen LogP contribution in [-0.4, -0.2) is 15.9 Å². The van der Waals surface area contributed by atoms with Crippen molar-refractivity contribution in [1.82, 2.24) is 4.98 Å². The number of oxime groups is 1. The Morgan fingerprint density at radius 3 is 2.33 bits per heavy atom. The van der Waals surface area contributed by atoms with Gasteiger partial charge in [0.15, 0.2) is 0 Å². The van der Waals surface area contributed by atoms with Crippen LogP contribution in [-0.2, 0) is 5.41 Å². The van der Waals surface area contributed by atoms with Crippen molar-refractivity contribution in [1.29, 1.82) is 0 Å². The molecule has 0 spiro atoms. The maximum absolute atomic E-state index is 9.86. The largest absolute Gasteiger partial charge is 0.411 e. The van der Waals surface area contributed by atoms with Gasteiger partial charge < -0.3 is 5.21 Å². The number of pyridine rings is 1. The van der Waals surface area contributed by atoms with Crippen LogP contribution in [0.1, 0.15) is 34.9 Å². The lowest BCUT2D eigenvalue weighted by Gasteiger charge is -2.36. The summed E-state index contributed by atoms with van der Waals surface area (Å²) in [5.74, 6) is 0. The minimum absolute atomic E-state index is 0.570. The van der Waals surface area contributed by atoms with Gasteiger partial charge in [0.1, 0.15) is 0 Å². The second-order valence-electron chi connectivity index (χ2n) is 6.59. The summed E-state index contributed by atoms with van der Waals surface area (Å²) in [6, 6.07) is 17.9. The van der Waals surface area contributed by atoms with Crippen LogP contribution in [0, 0.1) is 13.8 Å². The molecule has 1 aromatic heterocycles. The van der Waals surface area contributed by atoms with Crippen LogP contribution in [0.3, 0.4) is 0 Å². The highest BCUT2D eigenvalue weighted by Crippen LogP contribution is 2.43. The molecule has 0 amide bonds. The number of hydrogen-bond donors (Lipinski definition) is 1. The van der Waals surface area contributed by atoms with Gasteiger partial charge in [0.25, 0.3) is 0 Å². The Morgan fingerprint density at radius 2 is 1.74 bits per heavy atom. The molecule has 0 radical (unpaired) electrons. The standard InChI is InChI=1S/C22H20BrClN2O/c1-14-12-20(24)8-9-21(14)22(16(3)26-27,17-4-6-19(23)7-5-17)18-10-11-25-15(2)13-18/h4-13,27H,1-3H3/b26-16-/t22-/m0/s1. The van der Waals surface area contributed by atoms with Crippen molar-refractivity contribution in [3.05, 3.63) is 98.2 Å². The van der Waals surface area contributed by atoms with E-state index >= 15 is 0 Å². The van der Waals surface area contributed by atoms with Crippen molar-refractivity contribution < 1.29 is 5.21 Å². The zero-order valence-corrected chi connectivity index (χ0v) is 17.7. The lowest BCUT2D eigenvalue weighted by atomic mass is 9.65. The molecule has 0 aliphatic heterocycles. The van der Waals surface area contributed by atoms with Gasteiger partial charge in [-0.2, -0.15) is 0 Å². The average Bonchev–Trinajstić information content (AvgIpc) is 2.65. The molecular formula is C22H20BrClN2O. The fourth-order valence-electron chi connectivity index (χ4n) is 3.69. The predicted molar refractivity (Wildman–Crippen MR) is 114 cm³/mol. The molecule has 1 N–H and O–H groups in total. The van der Waals surface area contributed by atoms with Gasteiger partial charge in [-0.25, -0.2) is 0 Å². The predicted octanol–water partition coefficient (Wildman–Crippen LogP) is 6.30. The third-order valence-electron chi connectivity index (χ3n) is 4.89. The normalized spacial score (nSPS) is 14.0. The van der Waals surface area contributed by atoms with E-state index in [9.17, 15) is 5.21 Å². The van der Waals surface area contributed by atoms with E-state index in [2.05, 4.69) is 26.1 Å². The quantitative estimate of drug-likeness (QED) is 0.292. The highest BCUT2D eigenvalue weighted by atomic mass is 79.9. The number of hydrogen-bond acceptors (Lipinski definition) is 3. The highest BCUT2D eigenvalue weighted by molar-refractivity contribution is 9.10. The molecule has 3 rings (SSSR count). The number of halogens is 2. The molecule has 3 aromatic rings. The van der Waals surface area contributed by atoms with Gasteiger partial charge in [0.2, 0.25) is 0 Å². The van der Waals surface area contributed by atoms with Crippen LogP contribution in [0.15, 0.2) is 70.4 Å². The van der Waals surface area contributed by atoms with E-state index in [1.807, 2.05) is 75.4 Å². The molecule has 138 valence electrons. The SMILES string of the molecule is C/C(=N/O)[C@](c1ccc(Br)cc1)(c1ccnc(C)c1)c1ccc(Cl)cc1C. The third-order valence-corrected chi connectivity index (χ3v) is 5.66. The lowest BCUT2D eigenvalue weighted by Crippen LogP contribution is -2.38. The second-order valence-corrected chi connectivity index (χ2v) is 7.94. The van der Waals surface area contributed by atoms with E-state index in [-0.39, 0.29) is 0 Å². The highest BCUT2D eigenvalue weighted by Gasteiger charge is 2.41. The average molecular weight is 444 g/mol. The van der Waals surface area contributed by atoms with E-state index in [4.69, 9.17) is 11.6 Å². The topological polar surface area (TPSA) is 45.5 Å². The first-order valence-corrected chi connectivity index (χ1v) is 9.71. The lowest BCUT2D eigenvalue weighted by molar-refractivity contribution is 0.315. The maximum atomic E-state index is 9.86. The number of aryl methyl sites for hydroxylation is 2.